The number of hydrogen-bond acceptors (Lipinski definition) is 9. The molecule has 210 valence electrons. The lowest BCUT2D eigenvalue weighted by Gasteiger charge is -2.28. The summed E-state index contributed by atoms with van der Waals surface area (Å²) in [5, 5.41) is 0.0173. The Morgan fingerprint density at radius 3 is 2.77 bits per heavy atom. The van der Waals surface area contributed by atoms with Crippen LogP contribution >= 0.6 is 20.3 Å². The first-order valence-electron chi connectivity index (χ1n) is 14.1. The van der Waals surface area contributed by atoms with Gasteiger partial charge in [-0.05, 0) is 32.2 Å². The van der Waals surface area contributed by atoms with E-state index in [0.717, 1.165) is 51.2 Å². The van der Waals surface area contributed by atoms with Crippen molar-refractivity contribution in [2.45, 2.75) is 57.4 Å². The number of aliphatic imine (C=N–C) groups is 1. The highest BCUT2D eigenvalue weighted by Gasteiger charge is 2.38. The summed E-state index contributed by atoms with van der Waals surface area (Å²) in [4.78, 5) is 36.1. The molecule has 2 aromatic rings. The van der Waals surface area contributed by atoms with E-state index in [2.05, 4.69) is 19.5 Å². The van der Waals surface area contributed by atoms with Crippen LogP contribution in [0.3, 0.4) is 0 Å². The Hall–Kier alpha value is -2.14. The SMILES string of the molecule is [2H]C[C@H]1O[C@@H](n2ccc(N=C3CCCN3C)nc2=O)CC1OP(OCCSC(=O)c1ccccc1)N1CCCC1. The second kappa shape index (κ2) is 13.5. The summed E-state index contributed by atoms with van der Waals surface area (Å²) in [7, 11) is 0.607. The summed E-state index contributed by atoms with van der Waals surface area (Å²) in [6.45, 7) is 3.10. The lowest BCUT2D eigenvalue weighted by molar-refractivity contribution is -0.00787. The van der Waals surface area contributed by atoms with E-state index >= 15 is 0 Å². The van der Waals surface area contributed by atoms with Crippen molar-refractivity contribution in [3.63, 3.8) is 0 Å². The number of nitrogens with zero attached hydrogens (tertiary/aromatic N) is 5. The number of rotatable bonds is 10. The molecule has 3 fully saturated rings. The number of carbonyl (C=O) groups excluding carboxylic acids is 1. The smallest absolute Gasteiger partial charge is 0.351 e. The van der Waals surface area contributed by atoms with Crippen LogP contribution in [-0.4, -0.2) is 81.3 Å². The normalized spacial score (nSPS) is 25.9. The minimum atomic E-state index is -1.38. The standard InChI is InChI=1S/C27H36N5O5PS/c1-20-22(19-25(36-20)32-16-12-23(29-27(32)34)28-24-11-8-13-30(24)2)37-38(31-14-6-7-15-31)35-17-18-39-26(33)21-9-4-3-5-10-21/h3-5,9-10,12,16,20,22,25H,6-8,11,13-15,17-19H2,1-2H3/t20-,22?,25-,38?/m1/s1/i1D. The molecule has 12 heteroatoms. The molecule has 3 saturated heterocycles. The topological polar surface area (TPSA) is 98.5 Å². The van der Waals surface area contributed by atoms with Crippen LogP contribution in [0.25, 0.3) is 0 Å². The van der Waals surface area contributed by atoms with Gasteiger partial charge in [0.25, 0.3) is 8.53 Å². The molecule has 2 unspecified atom stereocenters. The summed E-state index contributed by atoms with van der Waals surface area (Å²) in [5.41, 5.74) is 0.240. The van der Waals surface area contributed by atoms with Gasteiger partial charge in [-0.3, -0.25) is 9.36 Å². The molecule has 0 amide bonds. The monoisotopic (exact) mass is 574 g/mol. The fraction of sp³-hybridized carbons (Fsp3) is 0.556. The van der Waals surface area contributed by atoms with E-state index in [1.807, 2.05) is 37.4 Å². The number of thioether (sulfide) groups is 1. The van der Waals surface area contributed by atoms with Gasteiger partial charge in [-0.2, -0.15) is 4.98 Å². The molecule has 0 N–H and O–H groups in total. The zero-order chi connectivity index (χ0) is 27.9. The van der Waals surface area contributed by atoms with Crippen LogP contribution in [0.5, 0.6) is 0 Å². The van der Waals surface area contributed by atoms with Crippen molar-refractivity contribution < 1.29 is 19.9 Å². The molecule has 39 heavy (non-hydrogen) atoms. The van der Waals surface area contributed by atoms with E-state index in [9.17, 15) is 9.59 Å². The summed E-state index contributed by atoms with van der Waals surface area (Å²) in [5.74, 6) is 1.84. The highest BCUT2D eigenvalue weighted by molar-refractivity contribution is 8.14. The first kappa shape index (κ1) is 27.1. The van der Waals surface area contributed by atoms with Crippen LogP contribution in [0, 0.1) is 0 Å². The van der Waals surface area contributed by atoms with E-state index in [4.69, 9.17) is 15.2 Å². The number of hydrogen-bond donors (Lipinski definition) is 0. The Balaban J connectivity index is 1.20. The third-order valence-corrected chi connectivity index (χ3v) is 9.54. The molecule has 0 spiro atoms. The van der Waals surface area contributed by atoms with Gasteiger partial charge in [0.15, 0.2) is 5.82 Å². The van der Waals surface area contributed by atoms with Crippen molar-refractivity contribution in [1.29, 1.82) is 0 Å². The lowest BCUT2D eigenvalue weighted by atomic mass is 10.2. The second-order valence-corrected chi connectivity index (χ2v) is 12.3. The van der Waals surface area contributed by atoms with E-state index < -0.39 is 32.7 Å². The maximum Gasteiger partial charge on any atom is 0.351 e. The Kier molecular flexibility index (Phi) is 9.35. The summed E-state index contributed by atoms with van der Waals surface area (Å²) < 4.78 is 30.5. The number of amidine groups is 1. The van der Waals surface area contributed by atoms with E-state index in [0.29, 0.717) is 30.2 Å². The minimum absolute atomic E-state index is 0.00597. The predicted octanol–water partition coefficient (Wildman–Crippen LogP) is 4.60. The van der Waals surface area contributed by atoms with Crippen LogP contribution < -0.4 is 5.69 Å². The van der Waals surface area contributed by atoms with E-state index in [1.54, 1.807) is 12.3 Å². The summed E-state index contributed by atoms with van der Waals surface area (Å²) >= 11 is 1.23. The van der Waals surface area contributed by atoms with Gasteiger partial charge in [-0.25, -0.2) is 14.5 Å². The number of benzene rings is 1. The molecule has 0 aliphatic carbocycles. The highest BCUT2D eigenvalue weighted by Crippen LogP contribution is 2.49. The molecule has 5 rings (SSSR count). The molecular formula is C27H36N5O5PS. The molecular weight excluding hydrogens is 537 g/mol. The van der Waals surface area contributed by atoms with Crippen LogP contribution in [0.1, 0.15) is 57.0 Å². The van der Waals surface area contributed by atoms with Crippen molar-refractivity contribution in [2.24, 2.45) is 4.99 Å². The van der Waals surface area contributed by atoms with E-state index in [1.165, 1.54) is 16.3 Å². The van der Waals surface area contributed by atoms with Crippen LogP contribution in [0.15, 0.2) is 52.4 Å². The maximum atomic E-state index is 12.9. The maximum absolute atomic E-state index is 12.9. The molecule has 10 nitrogen and oxygen atoms in total. The van der Waals surface area contributed by atoms with Crippen molar-refractivity contribution in [3.8, 4) is 0 Å². The summed E-state index contributed by atoms with van der Waals surface area (Å²) in [6, 6.07) is 10.9. The van der Waals surface area contributed by atoms with E-state index in [-0.39, 0.29) is 12.0 Å². The molecule has 3 aliphatic rings. The highest BCUT2D eigenvalue weighted by atomic mass is 32.2. The first-order valence-corrected chi connectivity index (χ1v) is 15.5. The number of ether oxygens (including phenoxy) is 1. The van der Waals surface area contributed by atoms with Crippen molar-refractivity contribution >= 4 is 37.1 Å². The van der Waals surface area contributed by atoms with Gasteiger partial charge in [0.05, 0.1) is 18.8 Å². The van der Waals surface area contributed by atoms with Gasteiger partial charge in [0.2, 0.25) is 5.12 Å². The van der Waals surface area contributed by atoms with Gasteiger partial charge in [0.1, 0.15) is 12.1 Å². The predicted molar refractivity (Wildman–Crippen MR) is 153 cm³/mol. The Morgan fingerprint density at radius 2 is 2.05 bits per heavy atom. The zero-order valence-electron chi connectivity index (χ0n) is 23.2. The Bertz CT molecular complexity index is 1230. The van der Waals surface area contributed by atoms with Gasteiger partial charge < -0.3 is 18.7 Å². The zero-order valence-corrected chi connectivity index (χ0v) is 23.9. The van der Waals surface area contributed by atoms with Crippen LogP contribution in [0.4, 0.5) is 5.82 Å². The number of aromatic nitrogens is 2. The average molecular weight is 575 g/mol. The fourth-order valence-corrected chi connectivity index (χ4v) is 7.25. The van der Waals surface area contributed by atoms with Gasteiger partial charge in [-0.15, -0.1) is 0 Å². The number of likely N-dealkylation sites (tertiary alicyclic amines) is 1. The van der Waals surface area contributed by atoms with Gasteiger partial charge >= 0.3 is 5.69 Å². The molecule has 3 aliphatic heterocycles. The van der Waals surface area contributed by atoms with Crippen LogP contribution in [-0.2, 0) is 13.8 Å². The molecule has 0 saturated carbocycles. The first-order chi connectivity index (χ1) is 19.5. The Labute approximate surface area is 236 Å². The van der Waals surface area contributed by atoms with Crippen molar-refractivity contribution in [2.75, 3.05) is 39.0 Å². The molecule has 4 heterocycles. The third-order valence-electron chi connectivity index (χ3n) is 6.95. The second-order valence-electron chi connectivity index (χ2n) is 9.77. The average Bonchev–Trinajstić information content (AvgIpc) is 3.73. The molecule has 1 aromatic carbocycles. The van der Waals surface area contributed by atoms with Gasteiger partial charge in [-0.1, -0.05) is 42.1 Å². The minimum Gasteiger partial charge on any atom is -0.363 e. The van der Waals surface area contributed by atoms with Crippen molar-refractivity contribution in [1.82, 2.24) is 19.1 Å². The van der Waals surface area contributed by atoms with Crippen LogP contribution in [0.2, 0.25) is 0 Å². The quantitative estimate of drug-likeness (QED) is 0.298. The molecule has 1 aromatic heterocycles. The fourth-order valence-electron chi connectivity index (χ4n) is 4.80. The largest absolute Gasteiger partial charge is 0.363 e. The molecule has 4 atom stereocenters. The lowest BCUT2D eigenvalue weighted by Crippen LogP contribution is -2.26. The van der Waals surface area contributed by atoms with Crippen molar-refractivity contribution in [3.05, 3.63) is 58.6 Å². The summed E-state index contributed by atoms with van der Waals surface area (Å²) in [6.07, 6.45) is 4.69. The number of carbonyl (C=O) groups is 1. The third kappa shape index (κ3) is 7.34. The molecule has 0 radical (unpaired) electrons. The molecule has 0 bridgehead atoms. The Morgan fingerprint density at radius 1 is 1.23 bits per heavy atom. The van der Waals surface area contributed by atoms with Gasteiger partial charge in [0, 0.05) is 58.4 Å².